The van der Waals surface area contributed by atoms with Gasteiger partial charge in [-0.15, -0.1) is 5.10 Å². The molecule has 1 aromatic carbocycles. The number of likely N-dealkylation sites (N-methyl/N-ethyl adjacent to an activating group) is 1. The van der Waals surface area contributed by atoms with Crippen LogP contribution in [0.25, 0.3) is 11.8 Å². The molecule has 4 heteroatoms. The second-order valence-electron chi connectivity index (χ2n) is 4.80. The Hall–Kier alpha value is -1.94. The number of hydrogen-bond acceptors (Lipinski definition) is 3. The van der Waals surface area contributed by atoms with E-state index in [9.17, 15) is 0 Å². The molecule has 100 valence electrons. The Morgan fingerprint density at radius 2 is 2.05 bits per heavy atom. The molecular formula is C15H20N4. The fraction of sp³-hybridized carbons (Fsp3) is 0.333. The molecule has 2 rings (SSSR count). The van der Waals surface area contributed by atoms with Crippen LogP contribution in [0.2, 0.25) is 0 Å². The summed E-state index contributed by atoms with van der Waals surface area (Å²) in [5, 5.41) is 12.0. The standard InChI is InChI=1S/C15H20N4/c1-12(2)13(10-16-3)9-14-11-17-19(18-14)15-7-5-4-6-8-15/h4-9,11-12,16H,10H2,1-3H3. The molecule has 1 N–H and O–H groups in total. The van der Waals surface area contributed by atoms with Gasteiger partial charge in [-0.1, -0.05) is 37.6 Å². The Morgan fingerprint density at radius 3 is 2.68 bits per heavy atom. The molecule has 0 saturated heterocycles. The van der Waals surface area contributed by atoms with Crippen LogP contribution in [-0.4, -0.2) is 28.6 Å². The van der Waals surface area contributed by atoms with Crippen molar-refractivity contribution in [2.75, 3.05) is 13.6 Å². The zero-order valence-corrected chi connectivity index (χ0v) is 11.7. The van der Waals surface area contributed by atoms with Gasteiger partial charge in [0.2, 0.25) is 0 Å². The van der Waals surface area contributed by atoms with Crippen LogP contribution in [0.1, 0.15) is 19.5 Å². The first kappa shape index (κ1) is 13.5. The maximum atomic E-state index is 4.49. The zero-order valence-electron chi connectivity index (χ0n) is 11.7. The molecule has 19 heavy (non-hydrogen) atoms. The smallest absolute Gasteiger partial charge is 0.106 e. The molecule has 0 unspecified atom stereocenters. The van der Waals surface area contributed by atoms with Crippen LogP contribution in [0.4, 0.5) is 0 Å². The molecule has 0 aliphatic heterocycles. The van der Waals surface area contributed by atoms with Gasteiger partial charge in [-0.05, 0) is 31.2 Å². The molecule has 0 bridgehead atoms. The van der Waals surface area contributed by atoms with Gasteiger partial charge in [-0.3, -0.25) is 0 Å². The maximum Gasteiger partial charge on any atom is 0.106 e. The van der Waals surface area contributed by atoms with E-state index in [1.54, 1.807) is 11.0 Å². The highest BCUT2D eigenvalue weighted by Gasteiger charge is 2.05. The normalized spacial score (nSPS) is 12.1. The monoisotopic (exact) mass is 256 g/mol. The number of para-hydroxylation sites is 1. The van der Waals surface area contributed by atoms with Crippen molar-refractivity contribution in [3.63, 3.8) is 0 Å². The number of rotatable bonds is 5. The van der Waals surface area contributed by atoms with Crippen LogP contribution < -0.4 is 5.32 Å². The van der Waals surface area contributed by atoms with E-state index in [1.807, 2.05) is 37.4 Å². The minimum Gasteiger partial charge on any atom is -0.316 e. The number of aromatic nitrogens is 3. The highest BCUT2D eigenvalue weighted by molar-refractivity contribution is 5.49. The van der Waals surface area contributed by atoms with Crippen molar-refractivity contribution in [2.24, 2.45) is 5.92 Å². The Morgan fingerprint density at radius 1 is 1.32 bits per heavy atom. The summed E-state index contributed by atoms with van der Waals surface area (Å²) in [6.45, 7) is 5.24. The second kappa shape index (κ2) is 6.29. The quantitative estimate of drug-likeness (QED) is 0.894. The molecule has 0 aliphatic carbocycles. The van der Waals surface area contributed by atoms with E-state index in [1.165, 1.54) is 5.57 Å². The fourth-order valence-electron chi connectivity index (χ4n) is 1.84. The lowest BCUT2D eigenvalue weighted by atomic mass is 10.0. The van der Waals surface area contributed by atoms with Gasteiger partial charge in [0.1, 0.15) is 5.69 Å². The topological polar surface area (TPSA) is 42.7 Å². The van der Waals surface area contributed by atoms with E-state index < -0.39 is 0 Å². The third-order valence-corrected chi connectivity index (χ3v) is 2.95. The van der Waals surface area contributed by atoms with Crippen LogP contribution in [0.15, 0.2) is 42.1 Å². The average Bonchev–Trinajstić information content (AvgIpc) is 2.88. The fourth-order valence-corrected chi connectivity index (χ4v) is 1.84. The molecular weight excluding hydrogens is 236 g/mol. The minimum atomic E-state index is 0.495. The first-order valence-electron chi connectivity index (χ1n) is 6.53. The van der Waals surface area contributed by atoms with E-state index in [4.69, 9.17) is 0 Å². The molecule has 4 nitrogen and oxygen atoms in total. The van der Waals surface area contributed by atoms with Crippen molar-refractivity contribution in [2.45, 2.75) is 13.8 Å². The van der Waals surface area contributed by atoms with Gasteiger partial charge in [0, 0.05) is 6.54 Å². The van der Waals surface area contributed by atoms with Gasteiger partial charge in [-0.2, -0.15) is 9.90 Å². The molecule has 0 saturated carbocycles. The number of hydrogen-bond donors (Lipinski definition) is 1. The van der Waals surface area contributed by atoms with Crippen LogP contribution in [0, 0.1) is 5.92 Å². The van der Waals surface area contributed by atoms with Gasteiger partial charge >= 0.3 is 0 Å². The average molecular weight is 256 g/mol. The molecule has 1 heterocycles. The van der Waals surface area contributed by atoms with Gasteiger partial charge in [0.25, 0.3) is 0 Å². The predicted molar refractivity (Wildman–Crippen MR) is 78.1 cm³/mol. The lowest BCUT2D eigenvalue weighted by Crippen LogP contribution is -2.13. The van der Waals surface area contributed by atoms with E-state index in [-0.39, 0.29) is 0 Å². The highest BCUT2D eigenvalue weighted by Crippen LogP contribution is 2.13. The molecule has 0 atom stereocenters. The van der Waals surface area contributed by atoms with Crippen molar-refractivity contribution in [3.8, 4) is 5.69 Å². The Labute approximate surface area is 114 Å². The minimum absolute atomic E-state index is 0.495. The summed E-state index contributed by atoms with van der Waals surface area (Å²) in [4.78, 5) is 1.66. The van der Waals surface area contributed by atoms with Crippen LogP contribution in [0.5, 0.6) is 0 Å². The van der Waals surface area contributed by atoms with Crippen molar-refractivity contribution >= 4 is 6.08 Å². The summed E-state index contributed by atoms with van der Waals surface area (Å²) >= 11 is 0. The second-order valence-corrected chi connectivity index (χ2v) is 4.80. The Bertz CT molecular complexity index is 540. The maximum absolute atomic E-state index is 4.49. The summed E-state index contributed by atoms with van der Waals surface area (Å²) in [5.74, 6) is 0.495. The van der Waals surface area contributed by atoms with E-state index in [2.05, 4.69) is 35.4 Å². The molecule has 0 radical (unpaired) electrons. The van der Waals surface area contributed by atoms with Crippen molar-refractivity contribution in [3.05, 3.63) is 47.8 Å². The lowest BCUT2D eigenvalue weighted by Gasteiger charge is -2.09. The van der Waals surface area contributed by atoms with E-state index in [0.717, 1.165) is 17.9 Å². The molecule has 1 aromatic heterocycles. The van der Waals surface area contributed by atoms with Crippen LogP contribution >= 0.6 is 0 Å². The predicted octanol–water partition coefficient (Wildman–Crippen LogP) is 2.53. The molecule has 2 aromatic rings. The molecule has 0 spiro atoms. The van der Waals surface area contributed by atoms with E-state index in [0.29, 0.717) is 5.92 Å². The van der Waals surface area contributed by atoms with Crippen molar-refractivity contribution in [1.82, 2.24) is 20.3 Å². The van der Waals surface area contributed by atoms with Gasteiger partial charge in [0.15, 0.2) is 0 Å². The Kier molecular flexibility index (Phi) is 4.47. The van der Waals surface area contributed by atoms with Crippen LogP contribution in [0.3, 0.4) is 0 Å². The SMILES string of the molecule is CNCC(=Cc1cnn(-c2ccccc2)n1)C(C)C. The lowest BCUT2D eigenvalue weighted by molar-refractivity contribution is 0.711. The third-order valence-electron chi connectivity index (χ3n) is 2.95. The van der Waals surface area contributed by atoms with Gasteiger partial charge < -0.3 is 5.32 Å². The van der Waals surface area contributed by atoms with Gasteiger partial charge in [-0.25, -0.2) is 0 Å². The summed E-state index contributed by atoms with van der Waals surface area (Å²) in [7, 11) is 1.96. The summed E-state index contributed by atoms with van der Waals surface area (Å²) in [6, 6.07) is 9.93. The third kappa shape index (κ3) is 3.51. The van der Waals surface area contributed by atoms with E-state index >= 15 is 0 Å². The zero-order chi connectivity index (χ0) is 13.7. The number of nitrogens with one attached hydrogen (secondary N) is 1. The van der Waals surface area contributed by atoms with Crippen molar-refractivity contribution < 1.29 is 0 Å². The first-order valence-corrected chi connectivity index (χ1v) is 6.53. The van der Waals surface area contributed by atoms with Gasteiger partial charge in [0.05, 0.1) is 11.9 Å². The largest absolute Gasteiger partial charge is 0.316 e. The molecule has 0 amide bonds. The summed E-state index contributed by atoms with van der Waals surface area (Å²) in [5.41, 5.74) is 3.19. The molecule has 0 aliphatic rings. The molecule has 0 fully saturated rings. The first-order chi connectivity index (χ1) is 9.20. The summed E-state index contributed by atoms with van der Waals surface area (Å²) in [6.07, 6.45) is 3.90. The highest BCUT2D eigenvalue weighted by atomic mass is 15.5. The number of nitrogens with zero attached hydrogens (tertiary/aromatic N) is 3. The summed E-state index contributed by atoms with van der Waals surface area (Å²) < 4.78 is 0. The Balaban J connectivity index is 2.24. The number of benzene rings is 1. The van der Waals surface area contributed by atoms with Crippen molar-refractivity contribution in [1.29, 1.82) is 0 Å². The van der Waals surface area contributed by atoms with Crippen LogP contribution in [-0.2, 0) is 0 Å².